The third-order valence-corrected chi connectivity index (χ3v) is 4.70. The highest BCUT2D eigenvalue weighted by molar-refractivity contribution is 5.14. The lowest BCUT2D eigenvalue weighted by Gasteiger charge is -2.23. The summed E-state index contributed by atoms with van der Waals surface area (Å²) in [7, 11) is 0. The Morgan fingerprint density at radius 3 is 2.23 bits per heavy atom. The average Bonchev–Trinajstić information content (AvgIpc) is 2.97. The molecule has 0 heterocycles. The van der Waals surface area contributed by atoms with E-state index < -0.39 is 12.1 Å². The van der Waals surface area contributed by atoms with E-state index in [0.717, 1.165) is 11.1 Å². The molecule has 1 fully saturated rings. The van der Waals surface area contributed by atoms with Crippen LogP contribution in [0.15, 0.2) is 65.8 Å². The number of azide groups is 1. The zero-order valence-corrected chi connectivity index (χ0v) is 14.5. The van der Waals surface area contributed by atoms with Crippen LogP contribution in [0.5, 0.6) is 0 Å². The first-order valence-electron chi connectivity index (χ1n) is 8.77. The maximum Gasteiger partial charge on any atom is 0.0720 e. The van der Waals surface area contributed by atoms with Crippen LogP contribution in [0.25, 0.3) is 10.4 Å². The fourth-order valence-corrected chi connectivity index (χ4v) is 3.34. The number of nitrogens with zero attached hydrogens (tertiary/aromatic N) is 3. The third-order valence-electron chi connectivity index (χ3n) is 4.70. The molecule has 6 nitrogen and oxygen atoms in total. The van der Waals surface area contributed by atoms with Crippen molar-refractivity contribution < 1.29 is 14.6 Å². The van der Waals surface area contributed by atoms with Crippen molar-refractivity contribution in [1.82, 2.24) is 0 Å². The van der Waals surface area contributed by atoms with Crippen molar-refractivity contribution in [3.63, 3.8) is 0 Å². The van der Waals surface area contributed by atoms with Crippen LogP contribution in [0.3, 0.4) is 0 Å². The molecule has 4 atom stereocenters. The van der Waals surface area contributed by atoms with Crippen molar-refractivity contribution in [2.24, 2.45) is 11.0 Å². The van der Waals surface area contributed by atoms with Gasteiger partial charge in [0, 0.05) is 17.3 Å². The van der Waals surface area contributed by atoms with Gasteiger partial charge in [-0.3, -0.25) is 0 Å². The van der Waals surface area contributed by atoms with E-state index in [1.54, 1.807) is 0 Å². The van der Waals surface area contributed by atoms with Crippen molar-refractivity contribution in [1.29, 1.82) is 0 Å². The van der Waals surface area contributed by atoms with Gasteiger partial charge in [-0.05, 0) is 16.7 Å². The standard InChI is InChI=1S/C20H23N3O3/c21-23-22-20-17(14-25-12-15-7-3-1-4-8-15)19(11-18(20)24)26-13-16-9-5-2-6-10-16/h1-10,17-20,24H,11-14H2/t17-,18-,19?,20-/m1/s1. The van der Waals surface area contributed by atoms with Gasteiger partial charge in [0.05, 0.1) is 38.1 Å². The molecule has 1 N–H and O–H groups in total. The molecule has 6 heteroatoms. The summed E-state index contributed by atoms with van der Waals surface area (Å²) >= 11 is 0. The Bertz CT molecular complexity index is 720. The second kappa shape index (κ2) is 9.36. The summed E-state index contributed by atoms with van der Waals surface area (Å²) in [4.78, 5) is 2.89. The maximum atomic E-state index is 10.3. The number of rotatable bonds is 8. The van der Waals surface area contributed by atoms with Crippen molar-refractivity contribution in [3.05, 3.63) is 82.2 Å². The summed E-state index contributed by atoms with van der Waals surface area (Å²) in [6, 6.07) is 19.2. The minimum absolute atomic E-state index is 0.173. The molecule has 1 unspecified atom stereocenters. The van der Waals surface area contributed by atoms with E-state index >= 15 is 0 Å². The molecule has 0 bridgehead atoms. The van der Waals surface area contributed by atoms with Gasteiger partial charge in [-0.25, -0.2) is 0 Å². The van der Waals surface area contributed by atoms with Gasteiger partial charge in [-0.1, -0.05) is 65.8 Å². The second-order valence-electron chi connectivity index (χ2n) is 6.50. The normalized spacial score (nSPS) is 25.0. The summed E-state index contributed by atoms with van der Waals surface area (Å²) in [5.41, 5.74) is 11.0. The van der Waals surface area contributed by atoms with E-state index in [2.05, 4.69) is 10.0 Å². The SMILES string of the molecule is [N-]=[N+]=N[C@H]1[C@H](O)CC(OCc2ccccc2)[C@H]1COCc1ccccc1. The Hall–Kier alpha value is -2.37. The van der Waals surface area contributed by atoms with E-state index in [1.165, 1.54) is 0 Å². The molecular weight excluding hydrogens is 330 g/mol. The lowest BCUT2D eigenvalue weighted by Crippen LogP contribution is -2.30. The molecule has 1 aliphatic rings. The summed E-state index contributed by atoms with van der Waals surface area (Å²) in [5, 5.41) is 14.1. The maximum absolute atomic E-state index is 10.3. The number of aliphatic hydroxyl groups excluding tert-OH is 1. The van der Waals surface area contributed by atoms with Crippen LogP contribution in [-0.2, 0) is 22.7 Å². The van der Waals surface area contributed by atoms with Crippen LogP contribution < -0.4 is 0 Å². The zero-order valence-electron chi connectivity index (χ0n) is 14.5. The van der Waals surface area contributed by atoms with Crippen molar-refractivity contribution in [2.75, 3.05) is 6.61 Å². The van der Waals surface area contributed by atoms with Gasteiger partial charge in [0.1, 0.15) is 0 Å². The number of hydrogen-bond donors (Lipinski definition) is 1. The predicted molar refractivity (Wildman–Crippen MR) is 98.2 cm³/mol. The molecule has 0 radical (unpaired) electrons. The van der Waals surface area contributed by atoms with E-state index in [-0.39, 0.29) is 12.0 Å². The monoisotopic (exact) mass is 353 g/mol. The molecule has 0 spiro atoms. The largest absolute Gasteiger partial charge is 0.393 e. The fourth-order valence-electron chi connectivity index (χ4n) is 3.34. The van der Waals surface area contributed by atoms with Gasteiger partial charge >= 0.3 is 0 Å². The Kier molecular flexibility index (Phi) is 6.63. The molecule has 2 aromatic rings. The quantitative estimate of drug-likeness (QED) is 0.444. The first-order chi connectivity index (χ1) is 12.8. The van der Waals surface area contributed by atoms with Crippen molar-refractivity contribution in [3.8, 4) is 0 Å². The summed E-state index contributed by atoms with van der Waals surface area (Å²) in [5.74, 6) is -0.173. The molecular formula is C20H23N3O3. The molecule has 2 aromatic carbocycles. The van der Waals surface area contributed by atoms with Crippen LogP contribution >= 0.6 is 0 Å². The van der Waals surface area contributed by atoms with Crippen molar-refractivity contribution in [2.45, 2.75) is 37.9 Å². The Balaban J connectivity index is 1.61. The highest BCUT2D eigenvalue weighted by atomic mass is 16.5. The highest BCUT2D eigenvalue weighted by Crippen LogP contribution is 2.33. The van der Waals surface area contributed by atoms with Gasteiger partial charge in [0.15, 0.2) is 0 Å². The first-order valence-corrected chi connectivity index (χ1v) is 8.77. The summed E-state index contributed by atoms with van der Waals surface area (Å²) in [6.45, 7) is 1.30. The molecule has 0 amide bonds. The topological polar surface area (TPSA) is 87.5 Å². The number of hydrogen-bond acceptors (Lipinski definition) is 4. The van der Waals surface area contributed by atoms with Crippen LogP contribution in [0.1, 0.15) is 17.5 Å². The number of benzene rings is 2. The molecule has 26 heavy (non-hydrogen) atoms. The zero-order chi connectivity index (χ0) is 18.2. The van der Waals surface area contributed by atoms with E-state index in [1.807, 2.05) is 60.7 Å². The molecule has 0 saturated heterocycles. The van der Waals surface area contributed by atoms with Gasteiger partial charge in [-0.15, -0.1) is 0 Å². The Labute approximate surface area is 153 Å². The van der Waals surface area contributed by atoms with Gasteiger partial charge in [0.2, 0.25) is 0 Å². The van der Waals surface area contributed by atoms with Gasteiger partial charge < -0.3 is 14.6 Å². The number of aliphatic hydroxyl groups is 1. The summed E-state index contributed by atoms with van der Waals surface area (Å²) in [6.07, 6.45) is -0.482. The van der Waals surface area contributed by atoms with Crippen LogP contribution in [0.4, 0.5) is 0 Å². The van der Waals surface area contributed by atoms with E-state index in [4.69, 9.17) is 15.0 Å². The van der Waals surface area contributed by atoms with Crippen molar-refractivity contribution >= 4 is 0 Å². The minimum Gasteiger partial charge on any atom is -0.393 e. The molecule has 1 aliphatic carbocycles. The predicted octanol–water partition coefficient (Wildman–Crippen LogP) is 3.85. The van der Waals surface area contributed by atoms with Gasteiger partial charge in [-0.2, -0.15) is 0 Å². The molecule has 0 aliphatic heterocycles. The fraction of sp³-hybridized carbons (Fsp3) is 0.400. The first kappa shape index (κ1) is 18.4. The van der Waals surface area contributed by atoms with Gasteiger partial charge in [0.25, 0.3) is 0 Å². The van der Waals surface area contributed by atoms with Crippen LogP contribution in [0, 0.1) is 5.92 Å². The molecule has 1 saturated carbocycles. The number of ether oxygens (including phenoxy) is 2. The molecule has 136 valence electrons. The smallest absolute Gasteiger partial charge is 0.0720 e. The second-order valence-corrected chi connectivity index (χ2v) is 6.50. The van der Waals surface area contributed by atoms with Crippen LogP contribution in [-0.4, -0.2) is 30.0 Å². The highest BCUT2D eigenvalue weighted by Gasteiger charge is 2.43. The minimum atomic E-state index is -0.711. The lowest BCUT2D eigenvalue weighted by molar-refractivity contribution is -0.0222. The summed E-state index contributed by atoms with van der Waals surface area (Å²) < 4.78 is 11.9. The van der Waals surface area contributed by atoms with E-state index in [0.29, 0.717) is 26.2 Å². The third kappa shape index (κ3) is 4.84. The van der Waals surface area contributed by atoms with E-state index in [9.17, 15) is 5.11 Å². The van der Waals surface area contributed by atoms with Crippen LogP contribution in [0.2, 0.25) is 0 Å². The lowest BCUT2D eigenvalue weighted by atomic mass is 10.0. The Morgan fingerprint density at radius 1 is 1.00 bits per heavy atom. The Morgan fingerprint density at radius 2 is 1.62 bits per heavy atom. The average molecular weight is 353 g/mol. The molecule has 0 aromatic heterocycles. The molecule has 3 rings (SSSR count).